The summed E-state index contributed by atoms with van der Waals surface area (Å²) in [6.07, 6.45) is 1.84. The molecule has 0 aromatic heterocycles. The Balaban J connectivity index is 1.70. The van der Waals surface area contributed by atoms with Crippen molar-refractivity contribution in [3.63, 3.8) is 0 Å². The first kappa shape index (κ1) is 15.6. The van der Waals surface area contributed by atoms with E-state index in [1.54, 1.807) is 0 Å². The lowest BCUT2D eigenvalue weighted by atomic mass is 9.70. The van der Waals surface area contributed by atoms with E-state index in [0.29, 0.717) is 12.8 Å². The predicted octanol–water partition coefficient (Wildman–Crippen LogP) is 1.98. The molecular formula is C17H19FN2O3. The average Bonchev–Trinajstić information content (AvgIpc) is 3.05. The molecule has 0 heterocycles. The van der Waals surface area contributed by atoms with Crippen molar-refractivity contribution in [3.05, 3.63) is 35.6 Å². The van der Waals surface area contributed by atoms with Gasteiger partial charge < -0.3 is 0 Å². The Morgan fingerprint density at radius 2 is 1.91 bits per heavy atom. The second-order valence-electron chi connectivity index (χ2n) is 6.96. The first-order valence-electron chi connectivity index (χ1n) is 7.69. The van der Waals surface area contributed by atoms with E-state index in [1.807, 2.05) is 13.8 Å². The predicted molar refractivity (Wildman–Crippen MR) is 80.6 cm³/mol. The maximum Gasteiger partial charge on any atom is 0.272 e. The van der Waals surface area contributed by atoms with Gasteiger partial charge in [-0.3, -0.25) is 25.2 Å². The van der Waals surface area contributed by atoms with Crippen LogP contribution in [0.5, 0.6) is 0 Å². The lowest BCUT2D eigenvalue weighted by Crippen LogP contribution is -2.52. The van der Waals surface area contributed by atoms with Crippen molar-refractivity contribution in [3.8, 4) is 0 Å². The van der Waals surface area contributed by atoms with Crippen molar-refractivity contribution >= 4 is 17.6 Å². The number of hydrogen-bond acceptors (Lipinski definition) is 3. The minimum absolute atomic E-state index is 0.0705. The summed E-state index contributed by atoms with van der Waals surface area (Å²) >= 11 is 0. The van der Waals surface area contributed by atoms with E-state index in [4.69, 9.17) is 0 Å². The first-order chi connectivity index (χ1) is 10.8. The van der Waals surface area contributed by atoms with E-state index < -0.39 is 28.5 Å². The van der Waals surface area contributed by atoms with Crippen LogP contribution in [0.3, 0.4) is 0 Å². The maximum absolute atomic E-state index is 13.5. The molecule has 6 heteroatoms. The summed E-state index contributed by atoms with van der Waals surface area (Å²) < 4.78 is 13.5. The molecule has 0 spiro atoms. The van der Waals surface area contributed by atoms with Crippen LogP contribution in [0.25, 0.3) is 0 Å². The van der Waals surface area contributed by atoms with Gasteiger partial charge in [0.05, 0.1) is 5.56 Å². The summed E-state index contributed by atoms with van der Waals surface area (Å²) in [6.45, 7) is 3.73. The lowest BCUT2D eigenvalue weighted by Gasteiger charge is -2.32. The number of carbonyl (C=O) groups is 3. The van der Waals surface area contributed by atoms with Crippen molar-refractivity contribution in [1.29, 1.82) is 0 Å². The SMILES string of the molecule is CC1(C)C(=O)C2(C(=O)NNC(=O)c3ccccc3F)CCC1C2. The molecule has 5 nitrogen and oxygen atoms in total. The number of Topliss-reactive ketones (excluding diaryl/α,β-unsaturated/α-hetero) is 1. The second-order valence-corrected chi connectivity index (χ2v) is 6.96. The highest BCUT2D eigenvalue weighted by molar-refractivity contribution is 6.11. The third-order valence-corrected chi connectivity index (χ3v) is 5.40. The third kappa shape index (κ3) is 2.24. The smallest absolute Gasteiger partial charge is 0.272 e. The van der Waals surface area contributed by atoms with Crippen LogP contribution in [0.1, 0.15) is 43.5 Å². The summed E-state index contributed by atoms with van der Waals surface area (Å²) in [7, 11) is 0. The maximum atomic E-state index is 13.5. The molecule has 1 aromatic rings. The Hall–Kier alpha value is -2.24. The van der Waals surface area contributed by atoms with Crippen LogP contribution in [0, 0.1) is 22.6 Å². The molecule has 23 heavy (non-hydrogen) atoms. The number of hydrogen-bond donors (Lipinski definition) is 2. The van der Waals surface area contributed by atoms with E-state index in [9.17, 15) is 18.8 Å². The van der Waals surface area contributed by atoms with Crippen molar-refractivity contribution in [1.82, 2.24) is 10.9 Å². The quantitative estimate of drug-likeness (QED) is 0.647. The highest BCUT2D eigenvalue weighted by Gasteiger charge is 2.65. The highest BCUT2D eigenvalue weighted by Crippen LogP contribution is 2.60. The van der Waals surface area contributed by atoms with E-state index in [1.165, 1.54) is 24.3 Å². The molecule has 122 valence electrons. The van der Waals surface area contributed by atoms with Crippen LogP contribution < -0.4 is 10.9 Å². The molecule has 0 radical (unpaired) electrons. The van der Waals surface area contributed by atoms with E-state index in [0.717, 1.165) is 6.42 Å². The van der Waals surface area contributed by atoms with Gasteiger partial charge in [-0.15, -0.1) is 0 Å². The molecule has 2 N–H and O–H groups in total. The molecule has 2 unspecified atom stereocenters. The number of nitrogens with one attached hydrogen (secondary N) is 2. The second kappa shape index (κ2) is 5.15. The number of halogens is 1. The molecule has 2 fully saturated rings. The summed E-state index contributed by atoms with van der Waals surface area (Å²) in [6, 6.07) is 5.50. The molecule has 2 aliphatic rings. The van der Waals surface area contributed by atoms with E-state index in [-0.39, 0.29) is 17.3 Å². The van der Waals surface area contributed by atoms with Gasteiger partial charge in [-0.1, -0.05) is 26.0 Å². The van der Waals surface area contributed by atoms with Crippen LogP contribution >= 0.6 is 0 Å². The highest BCUT2D eigenvalue weighted by atomic mass is 19.1. The Bertz CT molecular complexity index is 701. The fourth-order valence-corrected chi connectivity index (χ4v) is 3.92. The monoisotopic (exact) mass is 318 g/mol. The van der Waals surface area contributed by atoms with Gasteiger partial charge in [-0.05, 0) is 37.3 Å². The molecule has 0 saturated heterocycles. The van der Waals surface area contributed by atoms with Gasteiger partial charge in [0, 0.05) is 5.41 Å². The normalized spacial score (nSPS) is 27.8. The number of carbonyl (C=O) groups excluding carboxylic acids is 3. The molecule has 2 amide bonds. The van der Waals surface area contributed by atoms with Crippen LogP contribution in [0.15, 0.2) is 24.3 Å². The van der Waals surface area contributed by atoms with Crippen LogP contribution in [0.4, 0.5) is 4.39 Å². The van der Waals surface area contributed by atoms with Gasteiger partial charge in [0.1, 0.15) is 11.2 Å². The fourth-order valence-electron chi connectivity index (χ4n) is 3.92. The van der Waals surface area contributed by atoms with Crippen molar-refractivity contribution in [2.75, 3.05) is 0 Å². The van der Waals surface area contributed by atoms with Gasteiger partial charge >= 0.3 is 0 Å². The van der Waals surface area contributed by atoms with Gasteiger partial charge in [0.25, 0.3) is 11.8 Å². The number of hydrazine groups is 1. The standard InChI is InChI=1S/C17H19FN2O3/c1-16(2)10-7-8-17(9-10,14(16)22)15(23)20-19-13(21)11-5-3-4-6-12(11)18/h3-6,10H,7-9H2,1-2H3,(H,19,21)(H,20,23). The number of amides is 2. The lowest BCUT2D eigenvalue weighted by molar-refractivity contribution is -0.145. The Kier molecular flexibility index (Phi) is 3.50. The first-order valence-corrected chi connectivity index (χ1v) is 7.69. The molecule has 1 aromatic carbocycles. The Morgan fingerprint density at radius 1 is 1.22 bits per heavy atom. The van der Waals surface area contributed by atoms with Gasteiger partial charge in [-0.2, -0.15) is 0 Å². The molecule has 0 aliphatic heterocycles. The third-order valence-electron chi connectivity index (χ3n) is 5.40. The summed E-state index contributed by atoms with van der Waals surface area (Å²) in [5.74, 6) is -1.79. The zero-order chi connectivity index (χ0) is 16.8. The minimum atomic E-state index is -1.06. The van der Waals surface area contributed by atoms with Gasteiger partial charge in [0.2, 0.25) is 0 Å². The van der Waals surface area contributed by atoms with Crippen molar-refractivity contribution < 1.29 is 18.8 Å². The Labute approximate surface area is 133 Å². The van der Waals surface area contributed by atoms with Crippen molar-refractivity contribution in [2.45, 2.75) is 33.1 Å². The van der Waals surface area contributed by atoms with Gasteiger partial charge in [0.15, 0.2) is 5.78 Å². The number of fused-ring (bicyclic) bond motifs is 2. The number of rotatable bonds is 2. The van der Waals surface area contributed by atoms with Crippen LogP contribution in [-0.4, -0.2) is 17.6 Å². The van der Waals surface area contributed by atoms with E-state index >= 15 is 0 Å². The van der Waals surface area contributed by atoms with E-state index in [2.05, 4.69) is 10.9 Å². The largest absolute Gasteiger partial charge is 0.298 e. The molecule has 2 aliphatic carbocycles. The van der Waals surface area contributed by atoms with Crippen molar-refractivity contribution in [2.24, 2.45) is 16.7 Å². The van der Waals surface area contributed by atoms with Crippen LogP contribution in [-0.2, 0) is 9.59 Å². The summed E-state index contributed by atoms with van der Waals surface area (Å²) in [5.41, 5.74) is 2.79. The Morgan fingerprint density at radius 3 is 2.52 bits per heavy atom. The molecule has 3 rings (SSSR count). The minimum Gasteiger partial charge on any atom is -0.298 e. The summed E-state index contributed by atoms with van der Waals surface area (Å²) in [4.78, 5) is 37.0. The molecule has 2 saturated carbocycles. The fraction of sp³-hybridized carbons (Fsp3) is 0.471. The van der Waals surface area contributed by atoms with Gasteiger partial charge in [-0.25, -0.2) is 4.39 Å². The average molecular weight is 318 g/mol. The zero-order valence-corrected chi connectivity index (χ0v) is 13.1. The summed E-state index contributed by atoms with van der Waals surface area (Å²) in [5, 5.41) is 0. The zero-order valence-electron chi connectivity index (χ0n) is 13.1. The number of ketones is 1. The molecular weight excluding hydrogens is 299 g/mol. The molecule has 2 bridgehead atoms. The number of benzene rings is 1. The topological polar surface area (TPSA) is 75.3 Å². The van der Waals surface area contributed by atoms with Crippen LogP contribution in [0.2, 0.25) is 0 Å². The molecule has 2 atom stereocenters.